The first-order valence-electron chi connectivity index (χ1n) is 11.7. The number of thiazole rings is 1. The smallest absolute Gasteiger partial charge is 0.301 e. The summed E-state index contributed by atoms with van der Waals surface area (Å²) in [4.78, 5) is 33.1. The lowest BCUT2D eigenvalue weighted by Gasteiger charge is -2.23. The number of ketones is 1. The van der Waals surface area contributed by atoms with E-state index in [2.05, 4.69) is 13.8 Å². The second kappa shape index (κ2) is 9.19. The zero-order chi connectivity index (χ0) is 25.7. The highest BCUT2D eigenvalue weighted by atomic mass is 35.5. The van der Waals surface area contributed by atoms with Crippen LogP contribution < -0.4 is 4.90 Å². The number of nitrogens with zero attached hydrogens (tertiary/aromatic N) is 2. The highest BCUT2D eigenvalue weighted by Gasteiger charge is 2.48. The number of halogens is 1. The minimum absolute atomic E-state index is 0.0341. The van der Waals surface area contributed by atoms with Crippen molar-refractivity contribution < 1.29 is 14.7 Å². The van der Waals surface area contributed by atoms with Gasteiger partial charge >= 0.3 is 5.91 Å². The molecule has 5 nitrogen and oxygen atoms in total. The second-order valence-electron chi connectivity index (χ2n) is 9.42. The maximum atomic E-state index is 13.5. The molecule has 1 amide bonds. The van der Waals surface area contributed by atoms with Gasteiger partial charge in [-0.1, -0.05) is 67.1 Å². The van der Waals surface area contributed by atoms with Crippen molar-refractivity contribution in [1.82, 2.24) is 4.98 Å². The molecule has 36 heavy (non-hydrogen) atoms. The molecular formula is C29H25ClN2O3S. The first-order chi connectivity index (χ1) is 17.2. The van der Waals surface area contributed by atoms with Gasteiger partial charge in [-0.2, -0.15) is 0 Å². The number of amides is 1. The van der Waals surface area contributed by atoms with Crippen LogP contribution in [0.15, 0.2) is 66.2 Å². The predicted octanol–water partition coefficient (Wildman–Crippen LogP) is 7.32. The Kier molecular flexibility index (Phi) is 6.18. The third-order valence-corrected chi connectivity index (χ3v) is 7.76. The molecule has 1 aliphatic rings. The molecule has 1 N–H and O–H groups in total. The van der Waals surface area contributed by atoms with Crippen LogP contribution in [0.25, 0.3) is 16.0 Å². The van der Waals surface area contributed by atoms with Crippen molar-refractivity contribution in [2.24, 2.45) is 0 Å². The number of hydrogen-bond donors (Lipinski definition) is 1. The molecule has 1 aromatic heterocycles. The molecule has 0 saturated carbocycles. The van der Waals surface area contributed by atoms with Crippen molar-refractivity contribution in [3.8, 4) is 0 Å². The highest BCUT2D eigenvalue weighted by Crippen LogP contribution is 2.45. The molecule has 182 valence electrons. The van der Waals surface area contributed by atoms with Crippen LogP contribution in [0.3, 0.4) is 0 Å². The number of aliphatic hydroxyl groups is 1. The van der Waals surface area contributed by atoms with E-state index in [4.69, 9.17) is 16.6 Å². The van der Waals surface area contributed by atoms with Crippen LogP contribution in [-0.2, 0) is 9.59 Å². The number of carbonyl (C=O) groups is 2. The molecule has 0 bridgehead atoms. The SMILES string of the molecule is Cc1cc(C)c2nc(N3C(=O)C(=O)/C(=C(/O)c4ccc(Cl)cc4)[C@@H]3c3ccc(C(C)C)cc3)sc2c1. The van der Waals surface area contributed by atoms with Gasteiger partial charge in [-0.25, -0.2) is 4.98 Å². The molecule has 1 fully saturated rings. The molecule has 1 aliphatic heterocycles. The van der Waals surface area contributed by atoms with E-state index in [1.807, 2.05) is 50.2 Å². The van der Waals surface area contributed by atoms with Crippen molar-refractivity contribution in [3.63, 3.8) is 0 Å². The summed E-state index contributed by atoms with van der Waals surface area (Å²) >= 11 is 7.39. The summed E-state index contributed by atoms with van der Waals surface area (Å²) in [6, 6.07) is 17.6. The van der Waals surface area contributed by atoms with Crippen molar-refractivity contribution in [3.05, 3.63) is 99.1 Å². The normalized spacial score (nSPS) is 17.5. The number of fused-ring (bicyclic) bond motifs is 1. The minimum atomic E-state index is -0.816. The summed E-state index contributed by atoms with van der Waals surface area (Å²) in [6.45, 7) is 8.20. The summed E-state index contributed by atoms with van der Waals surface area (Å²) in [6.07, 6.45) is 0. The number of rotatable bonds is 4. The van der Waals surface area contributed by atoms with Crippen LogP contribution >= 0.6 is 22.9 Å². The number of anilines is 1. The van der Waals surface area contributed by atoms with E-state index < -0.39 is 17.7 Å². The number of aryl methyl sites for hydroxylation is 2. The Morgan fingerprint density at radius 2 is 1.69 bits per heavy atom. The van der Waals surface area contributed by atoms with Gasteiger partial charge in [0.2, 0.25) is 0 Å². The molecule has 2 heterocycles. The number of carbonyl (C=O) groups excluding carboxylic acids is 2. The summed E-state index contributed by atoms with van der Waals surface area (Å²) in [7, 11) is 0. The van der Waals surface area contributed by atoms with Crippen molar-refractivity contribution in [2.45, 2.75) is 39.7 Å². The molecule has 5 rings (SSSR count). The van der Waals surface area contributed by atoms with Crippen LogP contribution in [0, 0.1) is 13.8 Å². The molecular weight excluding hydrogens is 492 g/mol. The number of benzene rings is 3. The third-order valence-electron chi connectivity index (χ3n) is 6.51. The third kappa shape index (κ3) is 4.10. The van der Waals surface area contributed by atoms with Crippen LogP contribution in [0.5, 0.6) is 0 Å². The molecule has 0 aliphatic carbocycles. The van der Waals surface area contributed by atoms with E-state index >= 15 is 0 Å². The Labute approximate surface area is 218 Å². The summed E-state index contributed by atoms with van der Waals surface area (Å²) in [5.41, 5.74) is 5.21. The van der Waals surface area contributed by atoms with E-state index in [1.165, 1.54) is 16.2 Å². The Hall–Kier alpha value is -3.48. The molecule has 0 unspecified atom stereocenters. The van der Waals surface area contributed by atoms with Gasteiger partial charge in [0.25, 0.3) is 5.78 Å². The van der Waals surface area contributed by atoms with Gasteiger partial charge in [0.1, 0.15) is 5.76 Å². The second-order valence-corrected chi connectivity index (χ2v) is 10.9. The van der Waals surface area contributed by atoms with Crippen LogP contribution in [0.4, 0.5) is 5.13 Å². The van der Waals surface area contributed by atoms with E-state index in [-0.39, 0.29) is 11.3 Å². The van der Waals surface area contributed by atoms with Gasteiger partial charge in [-0.3, -0.25) is 14.5 Å². The van der Waals surface area contributed by atoms with Gasteiger partial charge in [-0.05, 0) is 72.4 Å². The Morgan fingerprint density at radius 1 is 1.03 bits per heavy atom. The Morgan fingerprint density at radius 3 is 2.33 bits per heavy atom. The Bertz CT molecular complexity index is 1540. The molecule has 7 heteroatoms. The average Bonchev–Trinajstić information content (AvgIpc) is 3.38. The van der Waals surface area contributed by atoms with Gasteiger partial charge in [-0.15, -0.1) is 0 Å². The van der Waals surface area contributed by atoms with E-state index in [0.717, 1.165) is 32.5 Å². The van der Waals surface area contributed by atoms with Crippen LogP contribution in [0.1, 0.15) is 53.6 Å². The maximum Gasteiger partial charge on any atom is 0.301 e. The zero-order valence-corrected chi connectivity index (χ0v) is 21.9. The molecule has 1 saturated heterocycles. The minimum Gasteiger partial charge on any atom is -0.507 e. The summed E-state index contributed by atoms with van der Waals surface area (Å²) in [5, 5.41) is 12.2. The maximum absolute atomic E-state index is 13.5. The van der Waals surface area contributed by atoms with Crippen molar-refractivity contribution in [2.75, 3.05) is 4.90 Å². The fourth-order valence-electron chi connectivity index (χ4n) is 4.63. The number of aromatic nitrogens is 1. The lowest BCUT2D eigenvalue weighted by atomic mass is 9.93. The number of Topliss-reactive ketones (excluding diaryl/α,β-unsaturated/α-hetero) is 1. The molecule has 0 radical (unpaired) electrons. The van der Waals surface area contributed by atoms with Gasteiger partial charge in [0, 0.05) is 10.6 Å². The molecule has 3 aromatic carbocycles. The highest BCUT2D eigenvalue weighted by molar-refractivity contribution is 7.22. The molecule has 0 spiro atoms. The fourth-order valence-corrected chi connectivity index (χ4v) is 5.93. The lowest BCUT2D eigenvalue weighted by molar-refractivity contribution is -0.132. The molecule has 1 atom stereocenters. The summed E-state index contributed by atoms with van der Waals surface area (Å²) < 4.78 is 0.941. The van der Waals surface area contributed by atoms with Crippen LogP contribution in [0.2, 0.25) is 5.02 Å². The largest absolute Gasteiger partial charge is 0.507 e. The fraction of sp³-hybridized carbons (Fsp3) is 0.207. The first-order valence-corrected chi connectivity index (χ1v) is 12.9. The van der Waals surface area contributed by atoms with Crippen molar-refractivity contribution >= 4 is 55.7 Å². The monoisotopic (exact) mass is 516 g/mol. The quantitative estimate of drug-likeness (QED) is 0.175. The number of hydrogen-bond acceptors (Lipinski definition) is 5. The van der Waals surface area contributed by atoms with E-state index in [1.54, 1.807) is 24.3 Å². The predicted molar refractivity (Wildman–Crippen MR) is 146 cm³/mol. The van der Waals surface area contributed by atoms with Gasteiger partial charge < -0.3 is 5.11 Å². The standard InChI is InChI=1S/C29H25ClN2O3S/c1-15(2)18-5-7-19(8-6-18)25-23(26(33)20-9-11-21(30)12-10-20)27(34)28(35)32(25)29-31-24-17(4)13-16(3)14-22(24)36-29/h5-15,25,33H,1-4H3/b26-23+/t25-/m0/s1. The van der Waals surface area contributed by atoms with E-state index in [9.17, 15) is 14.7 Å². The molecule has 4 aromatic rings. The van der Waals surface area contributed by atoms with Crippen molar-refractivity contribution in [1.29, 1.82) is 0 Å². The topological polar surface area (TPSA) is 70.5 Å². The van der Waals surface area contributed by atoms with Gasteiger partial charge in [0.05, 0.1) is 21.8 Å². The first kappa shape index (κ1) is 24.2. The average molecular weight is 517 g/mol. The van der Waals surface area contributed by atoms with E-state index in [0.29, 0.717) is 21.6 Å². The zero-order valence-electron chi connectivity index (χ0n) is 20.4. The van der Waals surface area contributed by atoms with Gasteiger partial charge in [0.15, 0.2) is 5.13 Å². The lowest BCUT2D eigenvalue weighted by Crippen LogP contribution is -2.29. The summed E-state index contributed by atoms with van der Waals surface area (Å²) in [5.74, 6) is -1.36. The Balaban J connectivity index is 1.73. The number of aliphatic hydroxyl groups excluding tert-OH is 1. The van der Waals surface area contributed by atoms with Crippen LogP contribution in [-0.4, -0.2) is 21.8 Å².